The van der Waals surface area contributed by atoms with Gasteiger partial charge in [0.2, 0.25) is 0 Å². The lowest BCUT2D eigenvalue weighted by Gasteiger charge is -2.09. The predicted octanol–water partition coefficient (Wildman–Crippen LogP) is 2.91. The van der Waals surface area contributed by atoms with Crippen molar-refractivity contribution in [2.24, 2.45) is 0 Å². The first-order valence-electron chi connectivity index (χ1n) is 6.83. The van der Waals surface area contributed by atoms with E-state index in [4.69, 9.17) is 22.1 Å². The number of carbonyl (C=O) groups excluding carboxylic acids is 1. The van der Waals surface area contributed by atoms with Crippen LogP contribution in [0.1, 0.15) is 35.7 Å². The number of ether oxygens (including phenoxy) is 1. The quantitative estimate of drug-likeness (QED) is 0.862. The maximum Gasteiger partial charge on any atom is 0.360 e. The highest BCUT2D eigenvalue weighted by Gasteiger charge is 2.20. The van der Waals surface area contributed by atoms with Crippen LogP contribution in [-0.2, 0) is 17.7 Å². The minimum atomic E-state index is -0.491. The second-order valence-corrected chi connectivity index (χ2v) is 4.99. The molecule has 0 aliphatic rings. The molecule has 2 N–H and O–H groups in total. The zero-order valence-electron chi connectivity index (χ0n) is 12.1. The topological polar surface area (TPSA) is 70.1 Å². The molecular formula is C15H18ClN3O2. The molecule has 2 aromatic rings. The number of nitrogens with two attached hydrogens (primary N) is 1. The summed E-state index contributed by atoms with van der Waals surface area (Å²) in [5.74, 6) is 0.579. The summed E-state index contributed by atoms with van der Waals surface area (Å²) in [4.78, 5) is 16.2. The lowest BCUT2D eigenvalue weighted by Crippen LogP contribution is -2.11. The summed E-state index contributed by atoms with van der Waals surface area (Å²) in [6.07, 6.45) is 0.671. The lowest BCUT2D eigenvalue weighted by molar-refractivity contribution is 0.0521. The van der Waals surface area contributed by atoms with Crippen LogP contribution in [0.3, 0.4) is 0 Å². The number of imidazole rings is 1. The number of carbonyl (C=O) groups is 1. The number of anilines is 1. The van der Waals surface area contributed by atoms with Gasteiger partial charge in [0.1, 0.15) is 11.6 Å². The smallest absolute Gasteiger partial charge is 0.360 e. The van der Waals surface area contributed by atoms with Crippen molar-refractivity contribution < 1.29 is 9.53 Å². The highest BCUT2D eigenvalue weighted by molar-refractivity contribution is 6.30. The van der Waals surface area contributed by atoms with Crippen LogP contribution in [0.4, 0.5) is 5.82 Å². The van der Waals surface area contributed by atoms with E-state index in [1.807, 2.05) is 35.8 Å². The van der Waals surface area contributed by atoms with Crippen molar-refractivity contribution in [3.05, 3.63) is 46.4 Å². The summed E-state index contributed by atoms with van der Waals surface area (Å²) in [7, 11) is 0. The summed E-state index contributed by atoms with van der Waals surface area (Å²) in [5, 5.41) is 0.662. The molecule has 112 valence electrons. The summed E-state index contributed by atoms with van der Waals surface area (Å²) < 4.78 is 6.79. The molecule has 0 saturated carbocycles. The molecule has 0 atom stereocenters. The average Bonchev–Trinajstić information content (AvgIpc) is 2.76. The maximum absolute atomic E-state index is 11.9. The number of hydrogen-bond donors (Lipinski definition) is 1. The summed E-state index contributed by atoms with van der Waals surface area (Å²) in [5.41, 5.74) is 7.24. The van der Waals surface area contributed by atoms with Crippen LogP contribution in [0.2, 0.25) is 5.02 Å². The molecule has 1 aromatic heterocycles. The average molecular weight is 308 g/mol. The zero-order chi connectivity index (χ0) is 15.4. The van der Waals surface area contributed by atoms with Gasteiger partial charge < -0.3 is 15.0 Å². The van der Waals surface area contributed by atoms with Crippen molar-refractivity contribution in [2.75, 3.05) is 12.3 Å². The Labute approximate surface area is 128 Å². The molecule has 2 rings (SSSR count). The molecule has 21 heavy (non-hydrogen) atoms. The van der Waals surface area contributed by atoms with Gasteiger partial charge in [-0.1, -0.05) is 30.7 Å². The molecule has 0 saturated heterocycles. The normalized spacial score (nSPS) is 10.6. The van der Waals surface area contributed by atoms with E-state index < -0.39 is 5.97 Å². The molecule has 0 fully saturated rings. The Morgan fingerprint density at radius 1 is 1.43 bits per heavy atom. The first-order chi connectivity index (χ1) is 10.1. The van der Waals surface area contributed by atoms with E-state index in [9.17, 15) is 4.79 Å². The van der Waals surface area contributed by atoms with Crippen LogP contribution in [0.5, 0.6) is 0 Å². The number of halogens is 1. The van der Waals surface area contributed by atoms with E-state index in [0.717, 1.165) is 11.4 Å². The van der Waals surface area contributed by atoms with Crippen LogP contribution in [0, 0.1) is 0 Å². The van der Waals surface area contributed by atoms with Crippen molar-refractivity contribution in [1.82, 2.24) is 9.55 Å². The second-order valence-electron chi connectivity index (χ2n) is 4.55. The molecule has 0 aliphatic heterocycles. The fourth-order valence-corrected chi connectivity index (χ4v) is 2.34. The van der Waals surface area contributed by atoms with Gasteiger partial charge in [-0.25, -0.2) is 9.78 Å². The number of hydrogen-bond acceptors (Lipinski definition) is 4. The van der Waals surface area contributed by atoms with E-state index >= 15 is 0 Å². The molecule has 6 heteroatoms. The minimum Gasteiger partial charge on any atom is -0.461 e. The third-order valence-electron chi connectivity index (χ3n) is 3.10. The Kier molecular flexibility index (Phi) is 4.85. The minimum absolute atomic E-state index is 0.177. The van der Waals surface area contributed by atoms with Crippen LogP contribution >= 0.6 is 11.6 Å². The number of benzene rings is 1. The SMILES string of the molecule is CCOC(=O)c1nc(CC)n(Cc2cccc(Cl)c2)c1N. The number of nitrogen functional groups attached to an aromatic ring is 1. The van der Waals surface area contributed by atoms with Gasteiger partial charge in [-0.05, 0) is 24.6 Å². The summed E-state index contributed by atoms with van der Waals surface area (Å²) in [6.45, 7) is 4.52. The van der Waals surface area contributed by atoms with Crippen LogP contribution < -0.4 is 5.73 Å². The summed E-state index contributed by atoms with van der Waals surface area (Å²) in [6, 6.07) is 7.51. The molecule has 5 nitrogen and oxygen atoms in total. The van der Waals surface area contributed by atoms with Gasteiger partial charge >= 0.3 is 5.97 Å². The van der Waals surface area contributed by atoms with Gasteiger partial charge in [-0.15, -0.1) is 0 Å². The largest absolute Gasteiger partial charge is 0.461 e. The van der Waals surface area contributed by atoms with Gasteiger partial charge in [-0.3, -0.25) is 0 Å². The number of nitrogens with zero attached hydrogens (tertiary/aromatic N) is 2. The number of esters is 1. The first-order valence-corrected chi connectivity index (χ1v) is 7.21. The van der Waals surface area contributed by atoms with Gasteiger partial charge in [0.05, 0.1) is 13.2 Å². The van der Waals surface area contributed by atoms with Crippen molar-refractivity contribution in [1.29, 1.82) is 0 Å². The Balaban J connectivity index is 2.36. The predicted molar refractivity (Wildman–Crippen MR) is 82.5 cm³/mol. The van der Waals surface area contributed by atoms with Gasteiger partial charge in [0, 0.05) is 11.4 Å². The molecule has 0 bridgehead atoms. The number of rotatable bonds is 5. The Hall–Kier alpha value is -2.01. The highest BCUT2D eigenvalue weighted by Crippen LogP contribution is 2.20. The Morgan fingerprint density at radius 2 is 2.19 bits per heavy atom. The Bertz CT molecular complexity index is 652. The monoisotopic (exact) mass is 307 g/mol. The molecule has 1 aromatic carbocycles. The zero-order valence-corrected chi connectivity index (χ0v) is 12.9. The second kappa shape index (κ2) is 6.63. The fourth-order valence-electron chi connectivity index (χ4n) is 2.13. The van der Waals surface area contributed by atoms with Crippen LogP contribution in [-0.4, -0.2) is 22.1 Å². The van der Waals surface area contributed by atoms with Gasteiger partial charge in [0.15, 0.2) is 5.69 Å². The van der Waals surface area contributed by atoms with Crippen LogP contribution in [0.15, 0.2) is 24.3 Å². The van der Waals surface area contributed by atoms with E-state index in [1.165, 1.54) is 0 Å². The Morgan fingerprint density at radius 3 is 2.81 bits per heavy atom. The molecule has 0 unspecified atom stereocenters. The van der Waals surface area contributed by atoms with Crippen molar-refractivity contribution >= 4 is 23.4 Å². The van der Waals surface area contributed by atoms with Gasteiger partial charge in [0.25, 0.3) is 0 Å². The molecule has 0 amide bonds. The fraction of sp³-hybridized carbons (Fsp3) is 0.333. The highest BCUT2D eigenvalue weighted by atomic mass is 35.5. The third kappa shape index (κ3) is 3.36. The van der Waals surface area contributed by atoms with E-state index in [-0.39, 0.29) is 5.69 Å². The van der Waals surface area contributed by atoms with Crippen molar-refractivity contribution in [3.63, 3.8) is 0 Å². The molecule has 0 radical (unpaired) electrons. The third-order valence-corrected chi connectivity index (χ3v) is 3.34. The number of aromatic nitrogens is 2. The maximum atomic E-state index is 11.9. The van der Waals surface area contributed by atoms with Crippen molar-refractivity contribution in [2.45, 2.75) is 26.8 Å². The molecule has 0 spiro atoms. The summed E-state index contributed by atoms with van der Waals surface area (Å²) >= 11 is 5.99. The van der Waals surface area contributed by atoms with E-state index in [2.05, 4.69) is 4.98 Å². The lowest BCUT2D eigenvalue weighted by atomic mass is 10.2. The molecule has 1 heterocycles. The van der Waals surface area contributed by atoms with Gasteiger partial charge in [-0.2, -0.15) is 0 Å². The number of aryl methyl sites for hydroxylation is 1. The first kappa shape index (κ1) is 15.4. The molecular weight excluding hydrogens is 290 g/mol. The van der Waals surface area contributed by atoms with Crippen LogP contribution in [0.25, 0.3) is 0 Å². The van der Waals surface area contributed by atoms with E-state index in [1.54, 1.807) is 6.92 Å². The molecule has 0 aliphatic carbocycles. The standard InChI is InChI=1S/C15H18ClN3O2/c1-3-12-18-13(15(20)21-4-2)14(17)19(12)9-10-6-5-7-11(16)8-10/h5-8H,3-4,9,17H2,1-2H3. The van der Waals surface area contributed by atoms with Crippen molar-refractivity contribution in [3.8, 4) is 0 Å². The van der Waals surface area contributed by atoms with E-state index in [0.29, 0.717) is 30.4 Å².